The Hall–Kier alpha value is -0.880. The van der Waals surface area contributed by atoms with E-state index >= 15 is 0 Å². The third kappa shape index (κ3) is 6.24. The highest BCUT2D eigenvalue weighted by Crippen LogP contribution is 2.03. The fraction of sp³-hybridized carbons (Fsp3) is 0.667. The van der Waals surface area contributed by atoms with Crippen LogP contribution in [0, 0.1) is 0 Å². The van der Waals surface area contributed by atoms with Gasteiger partial charge in [0.25, 0.3) is 10.1 Å². The molecule has 88 valence electrons. The molecule has 0 heterocycles. The molecule has 5 nitrogen and oxygen atoms in total. The van der Waals surface area contributed by atoms with Crippen molar-refractivity contribution in [3.63, 3.8) is 0 Å². The molecule has 0 aromatic rings. The van der Waals surface area contributed by atoms with Crippen molar-refractivity contribution in [2.45, 2.75) is 32.9 Å². The van der Waals surface area contributed by atoms with Crippen LogP contribution in [0.4, 0.5) is 0 Å². The van der Waals surface area contributed by atoms with Crippen molar-refractivity contribution < 1.29 is 17.4 Å². The predicted octanol–water partition coefficient (Wildman–Crippen LogP) is 0.781. The summed E-state index contributed by atoms with van der Waals surface area (Å²) < 4.78 is 27.3. The van der Waals surface area contributed by atoms with E-state index in [-0.39, 0.29) is 5.75 Å². The number of rotatable bonds is 7. The van der Waals surface area contributed by atoms with Crippen LogP contribution >= 0.6 is 0 Å². The maximum atomic E-state index is 11.3. The molecule has 1 unspecified atom stereocenters. The summed E-state index contributed by atoms with van der Waals surface area (Å²) in [4.78, 5) is 10.9. The lowest BCUT2D eigenvalue weighted by Gasteiger charge is -2.15. The van der Waals surface area contributed by atoms with Crippen molar-refractivity contribution in [2.75, 3.05) is 5.75 Å². The van der Waals surface area contributed by atoms with Gasteiger partial charge in [0, 0.05) is 0 Å². The number of hydrogen-bond donors (Lipinski definition) is 1. The van der Waals surface area contributed by atoms with Gasteiger partial charge in [-0.15, -0.1) is 0 Å². The van der Waals surface area contributed by atoms with Crippen molar-refractivity contribution >= 4 is 16.0 Å². The van der Waals surface area contributed by atoms with Crippen LogP contribution in [0.3, 0.4) is 0 Å². The molecule has 0 aliphatic heterocycles. The first kappa shape index (κ1) is 14.1. The second-order valence-electron chi connectivity index (χ2n) is 2.97. The number of carbonyl (C=O) groups is 1. The van der Waals surface area contributed by atoms with Crippen molar-refractivity contribution in [1.29, 1.82) is 0 Å². The van der Waals surface area contributed by atoms with Gasteiger partial charge in [-0.25, -0.2) is 4.18 Å². The fourth-order valence-corrected chi connectivity index (χ4v) is 2.02. The second kappa shape index (κ2) is 6.58. The van der Waals surface area contributed by atoms with E-state index in [1.165, 1.54) is 0 Å². The van der Waals surface area contributed by atoms with Crippen LogP contribution in [0.2, 0.25) is 0 Å². The molecule has 6 heteroatoms. The third-order valence-corrected chi connectivity index (χ3v) is 3.01. The average Bonchev–Trinajstić information content (AvgIpc) is 2.16. The van der Waals surface area contributed by atoms with E-state index in [2.05, 4.69) is 11.9 Å². The van der Waals surface area contributed by atoms with E-state index in [0.29, 0.717) is 12.8 Å². The van der Waals surface area contributed by atoms with Gasteiger partial charge in [0.15, 0.2) is 0 Å². The van der Waals surface area contributed by atoms with Gasteiger partial charge < -0.3 is 5.32 Å². The molecule has 1 atom stereocenters. The van der Waals surface area contributed by atoms with Gasteiger partial charge in [-0.3, -0.25) is 4.79 Å². The monoisotopic (exact) mass is 235 g/mol. The van der Waals surface area contributed by atoms with Gasteiger partial charge in [-0.05, 0) is 18.9 Å². The van der Waals surface area contributed by atoms with Crippen molar-refractivity contribution in [2.24, 2.45) is 0 Å². The predicted molar refractivity (Wildman–Crippen MR) is 57.6 cm³/mol. The molecule has 0 aromatic carbocycles. The Kier molecular flexibility index (Phi) is 6.19. The maximum absolute atomic E-state index is 11.3. The molecule has 0 fully saturated rings. The summed E-state index contributed by atoms with van der Waals surface area (Å²) in [7, 11) is -3.55. The van der Waals surface area contributed by atoms with Gasteiger partial charge >= 0.3 is 0 Å². The first-order chi connectivity index (χ1) is 6.95. The van der Waals surface area contributed by atoms with Gasteiger partial charge in [-0.1, -0.05) is 20.4 Å². The van der Waals surface area contributed by atoms with Crippen LogP contribution in [0.15, 0.2) is 12.7 Å². The standard InChI is InChI=1S/C9H17NO4S/c1-4-7-15(12,13)14-9(6-3)10-8(11)5-2/h5,9H,2,4,6-7H2,1,3H3,(H,10,11). The lowest BCUT2D eigenvalue weighted by Crippen LogP contribution is -2.37. The summed E-state index contributed by atoms with van der Waals surface area (Å²) in [5.74, 6) is -0.499. The fourth-order valence-electron chi connectivity index (χ4n) is 0.887. The van der Waals surface area contributed by atoms with E-state index in [9.17, 15) is 13.2 Å². The first-order valence-electron chi connectivity index (χ1n) is 4.79. The van der Waals surface area contributed by atoms with Crippen LogP contribution in [0.5, 0.6) is 0 Å². The topological polar surface area (TPSA) is 72.5 Å². The minimum Gasteiger partial charge on any atom is -0.326 e. The molecule has 0 radical (unpaired) electrons. The van der Waals surface area contributed by atoms with E-state index in [0.717, 1.165) is 6.08 Å². The van der Waals surface area contributed by atoms with Crippen LogP contribution in [0.25, 0.3) is 0 Å². The van der Waals surface area contributed by atoms with Crippen LogP contribution in [0.1, 0.15) is 26.7 Å². The van der Waals surface area contributed by atoms with E-state index in [1.807, 2.05) is 0 Å². The third-order valence-electron chi connectivity index (χ3n) is 1.58. The van der Waals surface area contributed by atoms with Gasteiger partial charge in [0.1, 0.15) is 6.23 Å². The molecule has 0 bridgehead atoms. The summed E-state index contributed by atoms with van der Waals surface area (Å²) in [5.41, 5.74) is 0. The van der Waals surface area contributed by atoms with Crippen molar-refractivity contribution in [3.05, 3.63) is 12.7 Å². The largest absolute Gasteiger partial charge is 0.326 e. The Morgan fingerprint density at radius 1 is 1.53 bits per heavy atom. The highest BCUT2D eigenvalue weighted by Gasteiger charge is 2.17. The zero-order chi connectivity index (χ0) is 11.9. The molecule has 1 amide bonds. The van der Waals surface area contributed by atoms with Crippen LogP contribution in [-0.2, 0) is 19.1 Å². The molecule has 0 aromatic heterocycles. The molecule has 1 N–H and O–H groups in total. The molecule has 0 spiro atoms. The van der Waals surface area contributed by atoms with E-state index < -0.39 is 22.3 Å². The van der Waals surface area contributed by atoms with Gasteiger partial charge in [0.05, 0.1) is 5.75 Å². The molecule has 0 aliphatic rings. The minimum atomic E-state index is -3.55. The first-order valence-corrected chi connectivity index (χ1v) is 6.36. The molecule has 15 heavy (non-hydrogen) atoms. The van der Waals surface area contributed by atoms with Crippen molar-refractivity contribution in [3.8, 4) is 0 Å². The second-order valence-corrected chi connectivity index (χ2v) is 4.68. The summed E-state index contributed by atoms with van der Waals surface area (Å²) in [6.07, 6.45) is 1.11. The Bertz CT molecular complexity index is 310. The Morgan fingerprint density at radius 2 is 2.13 bits per heavy atom. The average molecular weight is 235 g/mol. The molecule has 0 aliphatic carbocycles. The Balaban J connectivity index is 4.33. The molecule has 0 saturated heterocycles. The molecular weight excluding hydrogens is 218 g/mol. The number of carbonyl (C=O) groups excluding carboxylic acids is 1. The number of hydrogen-bond acceptors (Lipinski definition) is 4. The van der Waals surface area contributed by atoms with E-state index in [1.54, 1.807) is 13.8 Å². The number of amides is 1. The molecule has 0 saturated carbocycles. The van der Waals surface area contributed by atoms with E-state index in [4.69, 9.17) is 4.18 Å². The lowest BCUT2D eigenvalue weighted by molar-refractivity contribution is -0.118. The maximum Gasteiger partial charge on any atom is 0.269 e. The summed E-state index contributed by atoms with van der Waals surface area (Å²) in [5, 5.41) is 2.37. The number of nitrogens with one attached hydrogen (secondary N) is 1. The SMILES string of the molecule is C=CC(=O)NC(CC)OS(=O)(=O)CCC. The van der Waals surface area contributed by atoms with Crippen LogP contribution in [-0.4, -0.2) is 26.3 Å². The highest BCUT2D eigenvalue weighted by atomic mass is 32.2. The Morgan fingerprint density at radius 3 is 2.53 bits per heavy atom. The quantitative estimate of drug-likeness (QED) is 0.402. The highest BCUT2D eigenvalue weighted by molar-refractivity contribution is 7.86. The minimum absolute atomic E-state index is 0.0482. The summed E-state index contributed by atoms with van der Waals surface area (Å²) in [6.45, 7) is 6.72. The van der Waals surface area contributed by atoms with Gasteiger partial charge in [-0.2, -0.15) is 8.42 Å². The smallest absolute Gasteiger partial charge is 0.269 e. The zero-order valence-corrected chi connectivity index (χ0v) is 9.84. The Labute approximate surface area is 90.6 Å². The summed E-state index contributed by atoms with van der Waals surface area (Å²) >= 11 is 0. The summed E-state index contributed by atoms with van der Waals surface area (Å²) in [6, 6.07) is 0. The molecular formula is C9H17NO4S. The van der Waals surface area contributed by atoms with Crippen LogP contribution < -0.4 is 5.32 Å². The zero-order valence-electron chi connectivity index (χ0n) is 9.02. The van der Waals surface area contributed by atoms with Crippen molar-refractivity contribution in [1.82, 2.24) is 5.32 Å². The molecule has 0 rings (SSSR count). The van der Waals surface area contributed by atoms with Gasteiger partial charge in [0.2, 0.25) is 5.91 Å². The lowest BCUT2D eigenvalue weighted by atomic mass is 10.4. The normalized spacial score (nSPS) is 13.2.